The predicted octanol–water partition coefficient (Wildman–Crippen LogP) is 3.95. The highest BCUT2D eigenvalue weighted by molar-refractivity contribution is 8.00. The number of imidazole rings is 1. The minimum absolute atomic E-state index is 0.0413. The smallest absolute Gasteiger partial charge is 0.315 e. The molecule has 4 heterocycles. The molecule has 3 aliphatic rings. The monoisotopic (exact) mass is 803 g/mol. The van der Waals surface area contributed by atoms with Crippen LogP contribution in [0.4, 0.5) is 10.5 Å². The number of fused-ring (bicyclic) bond motifs is 2. The lowest BCUT2D eigenvalue weighted by atomic mass is 10.0. The number of aromatic nitrogens is 2. The van der Waals surface area contributed by atoms with E-state index in [1.807, 2.05) is 48.2 Å². The Hall–Kier alpha value is -4.59. The van der Waals surface area contributed by atoms with Gasteiger partial charge in [0.2, 0.25) is 21.8 Å². The number of carbonyl (C=O) groups is 3. The second-order valence-electron chi connectivity index (χ2n) is 14.8. The molecule has 3 aliphatic heterocycles. The van der Waals surface area contributed by atoms with Gasteiger partial charge in [-0.25, -0.2) is 18.2 Å². The summed E-state index contributed by atoms with van der Waals surface area (Å²) in [6.07, 6.45) is 10.0. The fraction of sp³-hybridized carbons (Fsp3) is 0.525. The van der Waals surface area contributed by atoms with Crippen LogP contribution in [0.25, 0.3) is 0 Å². The highest BCUT2D eigenvalue weighted by Gasteiger charge is 2.42. The minimum atomic E-state index is -3.77. The number of sulfonamides is 1. The van der Waals surface area contributed by atoms with Crippen LogP contribution in [-0.4, -0.2) is 95.1 Å². The molecule has 0 saturated carbocycles. The molecule has 14 nitrogen and oxygen atoms in total. The van der Waals surface area contributed by atoms with E-state index in [9.17, 15) is 28.1 Å². The van der Waals surface area contributed by atoms with Gasteiger partial charge >= 0.3 is 6.03 Å². The van der Waals surface area contributed by atoms with Crippen molar-refractivity contribution in [2.24, 2.45) is 0 Å². The first-order chi connectivity index (χ1) is 27.2. The summed E-state index contributed by atoms with van der Waals surface area (Å²) in [4.78, 5) is 45.9. The zero-order chi connectivity index (χ0) is 39.3. The van der Waals surface area contributed by atoms with Crippen LogP contribution < -0.4 is 26.2 Å². The van der Waals surface area contributed by atoms with Crippen molar-refractivity contribution < 1.29 is 22.8 Å². The quantitative estimate of drug-likeness (QED) is 0.0832. The van der Waals surface area contributed by atoms with Crippen molar-refractivity contribution in [3.05, 3.63) is 83.4 Å². The molecule has 300 valence electrons. The lowest BCUT2D eigenvalue weighted by molar-refractivity contribution is -0.122. The van der Waals surface area contributed by atoms with Crippen LogP contribution in [0.15, 0.2) is 61.1 Å². The number of aromatic amines is 1. The van der Waals surface area contributed by atoms with E-state index in [1.54, 1.807) is 29.0 Å². The van der Waals surface area contributed by atoms with E-state index in [1.165, 1.54) is 0 Å². The largest absolute Gasteiger partial charge is 0.364 e. The Kier molecular flexibility index (Phi) is 14.7. The van der Waals surface area contributed by atoms with Gasteiger partial charge < -0.3 is 31.2 Å². The second-order valence-corrected chi connectivity index (χ2v) is 18.2. The Labute approximate surface area is 334 Å². The van der Waals surface area contributed by atoms with Crippen LogP contribution in [0, 0.1) is 11.3 Å². The van der Waals surface area contributed by atoms with Crippen LogP contribution in [0.5, 0.6) is 0 Å². The molecule has 0 spiro atoms. The number of nitrogens with one attached hydrogen (secondary N) is 5. The van der Waals surface area contributed by atoms with Crippen molar-refractivity contribution in [3.63, 3.8) is 0 Å². The number of H-pyrrole nitrogens is 1. The van der Waals surface area contributed by atoms with Gasteiger partial charge in [0.05, 0.1) is 48.0 Å². The molecule has 2 aromatic carbocycles. The van der Waals surface area contributed by atoms with E-state index < -0.39 is 10.0 Å². The molecule has 6 rings (SSSR count). The van der Waals surface area contributed by atoms with Gasteiger partial charge in [-0.15, -0.1) is 0 Å². The molecule has 2 fully saturated rings. The van der Waals surface area contributed by atoms with Gasteiger partial charge in [0.25, 0.3) is 0 Å². The van der Waals surface area contributed by atoms with E-state index in [-0.39, 0.29) is 61.2 Å². The van der Waals surface area contributed by atoms with Gasteiger partial charge in [-0.1, -0.05) is 43.2 Å². The van der Waals surface area contributed by atoms with Crippen LogP contribution in [0.3, 0.4) is 0 Å². The maximum absolute atomic E-state index is 14.1. The summed E-state index contributed by atoms with van der Waals surface area (Å²) in [5, 5.41) is 21.9. The van der Waals surface area contributed by atoms with E-state index >= 15 is 0 Å². The number of amides is 4. The molecule has 4 amide bonds. The normalized spacial score (nSPS) is 20.6. The number of nitriles is 1. The zero-order valence-corrected chi connectivity index (χ0v) is 33.4. The molecule has 0 aliphatic carbocycles. The van der Waals surface area contributed by atoms with E-state index in [4.69, 9.17) is 0 Å². The number of hydrogen-bond acceptors (Lipinski definition) is 9. The van der Waals surface area contributed by atoms with E-state index in [2.05, 4.69) is 42.2 Å². The molecule has 5 N–H and O–H groups in total. The second kappa shape index (κ2) is 20.0. The fourth-order valence-electron chi connectivity index (χ4n) is 7.80. The molecule has 1 unspecified atom stereocenters. The van der Waals surface area contributed by atoms with Gasteiger partial charge in [-0.3, -0.25) is 9.59 Å². The molecular formula is C40H53N9O5S2. The molecule has 0 radical (unpaired) electrons. The molecule has 0 bridgehead atoms. The Balaban J connectivity index is 0.914. The van der Waals surface area contributed by atoms with E-state index in [0.29, 0.717) is 56.1 Å². The third kappa shape index (κ3) is 11.5. The van der Waals surface area contributed by atoms with Crippen molar-refractivity contribution in [2.45, 2.75) is 101 Å². The number of rotatable bonds is 20. The van der Waals surface area contributed by atoms with Crippen molar-refractivity contribution in [1.29, 1.82) is 5.26 Å². The van der Waals surface area contributed by atoms with Crippen LogP contribution in [0.1, 0.15) is 80.2 Å². The standard InChI is InChI=1S/C40H53N9O5S2/c41-22-30-15-16-35-31(20-30)24-49(33(21-29-10-3-1-4-11-29)26-48(35)25-32-23-42-28-45-32)56(53,54)19-9-18-44-37(50)13-5-2-8-17-43-38(51)14-7-6-12-36-39-34(27-55-36)46-40(52)47-39/h1,3-4,10-11,15-16,20,23,28,33-34,36,39H,2,5-9,12-14,17-19,21,24-27H2,(H,42,45)(H,43,51)(H,44,50)(H2,46,47,52)/t33-,34?,36-,39-/m1/s1. The molecular weight excluding hydrogens is 751 g/mol. The SMILES string of the molecule is N#Cc1ccc2c(c1)CN(S(=O)(=O)CCCNC(=O)CCCCCNC(=O)CCCC[C@H]1SCC3NC(=O)N[C@H]31)[C@H](Cc1ccccc1)CN2Cc1cnc[nH]1. The molecule has 2 saturated heterocycles. The molecule has 16 heteroatoms. The first-order valence-corrected chi connectivity index (χ1v) is 22.3. The number of benzene rings is 2. The summed E-state index contributed by atoms with van der Waals surface area (Å²) in [7, 11) is -3.77. The lowest BCUT2D eigenvalue weighted by Gasteiger charge is -2.32. The van der Waals surface area contributed by atoms with Crippen LogP contribution >= 0.6 is 11.8 Å². The minimum Gasteiger partial charge on any atom is -0.364 e. The van der Waals surface area contributed by atoms with Gasteiger partial charge in [0, 0.05) is 67.9 Å². The first-order valence-electron chi connectivity index (χ1n) is 19.7. The van der Waals surface area contributed by atoms with Gasteiger partial charge in [0.15, 0.2) is 0 Å². The van der Waals surface area contributed by atoms with Crippen LogP contribution in [-0.2, 0) is 39.1 Å². The number of urea groups is 1. The summed E-state index contributed by atoms with van der Waals surface area (Å²) >= 11 is 1.89. The number of hydrogen-bond donors (Lipinski definition) is 5. The van der Waals surface area contributed by atoms with Gasteiger partial charge in [-0.2, -0.15) is 21.3 Å². The average Bonchev–Trinajstić information content (AvgIpc) is 3.91. The third-order valence-corrected chi connectivity index (χ3v) is 14.1. The topological polar surface area (TPSA) is 192 Å². The maximum Gasteiger partial charge on any atom is 0.315 e. The first kappa shape index (κ1) is 41.1. The molecule has 3 aromatic rings. The summed E-state index contributed by atoms with van der Waals surface area (Å²) < 4.78 is 29.9. The molecule has 1 aromatic heterocycles. The summed E-state index contributed by atoms with van der Waals surface area (Å²) in [6.45, 7) is 1.90. The Morgan fingerprint density at radius 3 is 2.48 bits per heavy atom. The zero-order valence-electron chi connectivity index (χ0n) is 31.8. The lowest BCUT2D eigenvalue weighted by Crippen LogP contribution is -2.46. The number of thioether (sulfide) groups is 1. The summed E-state index contributed by atoms with van der Waals surface area (Å²) in [5.41, 5.74) is 4.04. The van der Waals surface area contributed by atoms with Crippen molar-refractivity contribution in [3.8, 4) is 6.07 Å². The van der Waals surface area contributed by atoms with E-state index in [0.717, 1.165) is 60.4 Å². The van der Waals surface area contributed by atoms with Gasteiger partial charge in [-0.05, 0) is 67.9 Å². The third-order valence-electron chi connectivity index (χ3n) is 10.7. The number of nitrogens with zero attached hydrogens (tertiary/aromatic N) is 4. The summed E-state index contributed by atoms with van der Waals surface area (Å²) in [6, 6.07) is 17.5. The van der Waals surface area contributed by atoms with Crippen LogP contribution in [0.2, 0.25) is 0 Å². The van der Waals surface area contributed by atoms with Gasteiger partial charge in [0.1, 0.15) is 0 Å². The number of carbonyl (C=O) groups excluding carboxylic acids is 3. The predicted molar refractivity (Wildman–Crippen MR) is 217 cm³/mol. The maximum atomic E-state index is 14.1. The Bertz CT molecular complexity index is 1920. The average molecular weight is 804 g/mol. The molecule has 4 atom stereocenters. The van der Waals surface area contributed by atoms with Crippen molar-refractivity contribution in [1.82, 2.24) is 35.5 Å². The number of anilines is 1. The van der Waals surface area contributed by atoms with Crippen molar-refractivity contribution in [2.75, 3.05) is 36.0 Å². The Morgan fingerprint density at radius 2 is 1.73 bits per heavy atom. The highest BCUT2D eigenvalue weighted by Crippen LogP contribution is 2.34. The fourth-order valence-corrected chi connectivity index (χ4v) is 11.0. The molecule has 56 heavy (non-hydrogen) atoms. The Morgan fingerprint density at radius 1 is 0.964 bits per heavy atom. The number of unbranched alkanes of at least 4 members (excludes halogenated alkanes) is 3. The summed E-state index contributed by atoms with van der Waals surface area (Å²) in [5.74, 6) is 0.741. The highest BCUT2D eigenvalue weighted by atomic mass is 32.2. The van der Waals surface area contributed by atoms with Crippen molar-refractivity contribution >= 4 is 45.3 Å².